The highest BCUT2D eigenvalue weighted by atomic mass is 32.1. The number of aromatic nitrogens is 3. The normalized spacial score (nSPS) is 18.6. The number of carbonyl (C=O) groups excluding carboxylic acids is 1. The number of amides is 1. The van der Waals surface area contributed by atoms with Crippen LogP contribution in [0.2, 0.25) is 0 Å². The molecule has 1 N–H and O–H groups in total. The number of ether oxygens (including phenoxy) is 1. The molecule has 1 aliphatic heterocycles. The second-order valence-electron chi connectivity index (χ2n) is 7.15. The minimum atomic E-state index is -0.545. The molecule has 7 nitrogen and oxygen atoms in total. The Hall–Kier alpha value is -2.48. The smallest absolute Gasteiger partial charge is 0.413 e. The molecular weight excluding hydrogens is 338 g/mol. The van der Waals surface area contributed by atoms with Crippen LogP contribution >= 0.6 is 11.3 Å². The van der Waals surface area contributed by atoms with Crippen molar-refractivity contribution in [2.45, 2.75) is 26.4 Å². The summed E-state index contributed by atoms with van der Waals surface area (Å²) in [4.78, 5) is 27.4. The fourth-order valence-corrected chi connectivity index (χ4v) is 3.41. The SMILES string of the molecule is CC(C)(C)OC(=O)Nc1csc(-c2cnc(N3CC4=CC4C3)cn2)n1. The Kier molecular flexibility index (Phi) is 3.72. The number of anilines is 2. The summed E-state index contributed by atoms with van der Waals surface area (Å²) in [6.45, 7) is 7.41. The van der Waals surface area contributed by atoms with E-state index in [4.69, 9.17) is 4.74 Å². The summed E-state index contributed by atoms with van der Waals surface area (Å²) >= 11 is 1.40. The average Bonchev–Trinajstić information content (AvgIpc) is 2.95. The molecule has 0 aromatic carbocycles. The van der Waals surface area contributed by atoms with E-state index in [1.165, 1.54) is 16.9 Å². The summed E-state index contributed by atoms with van der Waals surface area (Å²) in [5.74, 6) is 1.99. The Morgan fingerprint density at radius 2 is 2.20 bits per heavy atom. The fraction of sp³-hybridized carbons (Fsp3) is 0.412. The Bertz CT molecular complexity index is 837. The van der Waals surface area contributed by atoms with Gasteiger partial charge in [0, 0.05) is 24.4 Å². The van der Waals surface area contributed by atoms with Gasteiger partial charge in [-0.3, -0.25) is 5.32 Å². The van der Waals surface area contributed by atoms with E-state index in [2.05, 4.69) is 31.2 Å². The first-order valence-corrected chi connectivity index (χ1v) is 8.99. The number of fused-ring (bicyclic) bond motifs is 1. The van der Waals surface area contributed by atoms with Crippen LogP contribution in [0.25, 0.3) is 10.7 Å². The summed E-state index contributed by atoms with van der Waals surface area (Å²) in [6, 6.07) is 0. The van der Waals surface area contributed by atoms with Crippen molar-refractivity contribution < 1.29 is 9.53 Å². The summed E-state index contributed by atoms with van der Waals surface area (Å²) in [5, 5.41) is 5.09. The third-order valence-electron chi connectivity index (χ3n) is 3.89. The van der Waals surface area contributed by atoms with Gasteiger partial charge in [-0.1, -0.05) is 6.08 Å². The van der Waals surface area contributed by atoms with Crippen LogP contribution in [-0.2, 0) is 4.74 Å². The lowest BCUT2D eigenvalue weighted by molar-refractivity contribution is 0.0635. The fourth-order valence-electron chi connectivity index (χ4n) is 2.70. The number of hydrogen-bond donors (Lipinski definition) is 1. The Morgan fingerprint density at radius 1 is 1.36 bits per heavy atom. The van der Waals surface area contributed by atoms with Crippen molar-refractivity contribution in [2.75, 3.05) is 23.3 Å². The van der Waals surface area contributed by atoms with Crippen molar-refractivity contribution in [3.05, 3.63) is 29.4 Å². The lowest BCUT2D eigenvalue weighted by Crippen LogP contribution is -2.27. The second-order valence-corrected chi connectivity index (χ2v) is 8.01. The molecule has 2 aliphatic rings. The topological polar surface area (TPSA) is 80.2 Å². The number of nitrogens with one attached hydrogen (secondary N) is 1. The summed E-state index contributed by atoms with van der Waals surface area (Å²) < 4.78 is 5.22. The van der Waals surface area contributed by atoms with Gasteiger partial charge in [-0.2, -0.15) is 0 Å². The molecule has 1 atom stereocenters. The molecule has 4 rings (SSSR count). The summed E-state index contributed by atoms with van der Waals surface area (Å²) in [5.41, 5.74) is 1.65. The molecule has 1 saturated heterocycles. The van der Waals surface area contributed by atoms with Crippen LogP contribution < -0.4 is 10.2 Å². The molecular formula is C17H19N5O2S. The Balaban J connectivity index is 1.41. The van der Waals surface area contributed by atoms with Crippen LogP contribution in [0.1, 0.15) is 20.8 Å². The molecule has 130 valence electrons. The zero-order valence-corrected chi connectivity index (χ0v) is 15.1. The van der Waals surface area contributed by atoms with Gasteiger partial charge >= 0.3 is 6.09 Å². The van der Waals surface area contributed by atoms with E-state index in [9.17, 15) is 4.79 Å². The predicted octanol–water partition coefficient (Wildman–Crippen LogP) is 3.32. The lowest BCUT2D eigenvalue weighted by atomic mass is 10.2. The van der Waals surface area contributed by atoms with E-state index >= 15 is 0 Å². The summed E-state index contributed by atoms with van der Waals surface area (Å²) in [6.07, 6.45) is 5.28. The predicted molar refractivity (Wildman–Crippen MR) is 96.8 cm³/mol. The average molecular weight is 357 g/mol. The van der Waals surface area contributed by atoms with Crippen molar-refractivity contribution in [1.29, 1.82) is 0 Å². The molecule has 1 unspecified atom stereocenters. The van der Waals surface area contributed by atoms with Crippen molar-refractivity contribution in [1.82, 2.24) is 15.0 Å². The first-order valence-electron chi connectivity index (χ1n) is 8.11. The van der Waals surface area contributed by atoms with Crippen LogP contribution in [0.15, 0.2) is 29.4 Å². The van der Waals surface area contributed by atoms with Gasteiger partial charge in [0.15, 0.2) is 0 Å². The zero-order valence-electron chi connectivity index (χ0n) is 14.3. The highest BCUT2D eigenvalue weighted by Gasteiger charge is 2.35. The van der Waals surface area contributed by atoms with Gasteiger partial charge in [0.05, 0.1) is 12.4 Å². The number of rotatable bonds is 3. The quantitative estimate of drug-likeness (QED) is 0.849. The standard InChI is InChI=1S/C17H19N5O2S/c1-17(2,3)24-16(23)21-13-9-25-15(20-13)12-5-19-14(6-18-12)22-7-10-4-11(10)8-22/h4-6,9-10H,7-8H2,1-3H3,(H,21,23). The monoisotopic (exact) mass is 357 g/mol. The largest absolute Gasteiger partial charge is 0.444 e. The van der Waals surface area contributed by atoms with E-state index in [-0.39, 0.29) is 0 Å². The van der Waals surface area contributed by atoms with Gasteiger partial charge < -0.3 is 9.64 Å². The highest BCUT2D eigenvalue weighted by Crippen LogP contribution is 2.38. The van der Waals surface area contributed by atoms with Gasteiger partial charge in [-0.15, -0.1) is 11.3 Å². The molecule has 1 amide bonds. The van der Waals surface area contributed by atoms with Crippen LogP contribution in [0.5, 0.6) is 0 Å². The third-order valence-corrected chi connectivity index (χ3v) is 4.75. The van der Waals surface area contributed by atoms with E-state index in [0.29, 0.717) is 22.4 Å². The van der Waals surface area contributed by atoms with Crippen LogP contribution in [0.3, 0.4) is 0 Å². The Labute approximate surface area is 149 Å². The van der Waals surface area contributed by atoms with Crippen molar-refractivity contribution >= 4 is 29.1 Å². The van der Waals surface area contributed by atoms with Crippen molar-refractivity contribution in [3.63, 3.8) is 0 Å². The Morgan fingerprint density at radius 3 is 2.84 bits per heavy atom. The van der Waals surface area contributed by atoms with Crippen LogP contribution in [0.4, 0.5) is 16.4 Å². The molecule has 0 bridgehead atoms. The van der Waals surface area contributed by atoms with E-state index in [1.54, 1.807) is 17.8 Å². The zero-order chi connectivity index (χ0) is 17.6. The number of carbonyl (C=O) groups is 1. The van der Waals surface area contributed by atoms with Gasteiger partial charge in [0.25, 0.3) is 0 Å². The van der Waals surface area contributed by atoms with Gasteiger partial charge in [0.1, 0.15) is 27.9 Å². The van der Waals surface area contributed by atoms with Gasteiger partial charge in [-0.05, 0) is 26.3 Å². The minimum Gasteiger partial charge on any atom is -0.444 e. The second kappa shape index (κ2) is 5.80. The highest BCUT2D eigenvalue weighted by molar-refractivity contribution is 7.13. The van der Waals surface area contributed by atoms with Crippen LogP contribution in [0, 0.1) is 5.92 Å². The third kappa shape index (κ3) is 3.63. The first-order chi connectivity index (χ1) is 11.9. The van der Waals surface area contributed by atoms with E-state index in [0.717, 1.165) is 18.9 Å². The molecule has 2 aromatic heterocycles. The van der Waals surface area contributed by atoms with E-state index < -0.39 is 11.7 Å². The number of nitrogens with zero attached hydrogens (tertiary/aromatic N) is 4. The molecule has 8 heteroatoms. The van der Waals surface area contributed by atoms with Gasteiger partial charge in [0.2, 0.25) is 0 Å². The molecule has 1 aliphatic carbocycles. The first kappa shape index (κ1) is 16.0. The molecule has 2 aromatic rings. The number of hydrogen-bond acceptors (Lipinski definition) is 7. The number of thiazole rings is 1. The van der Waals surface area contributed by atoms with Gasteiger partial charge in [-0.25, -0.2) is 19.7 Å². The molecule has 0 radical (unpaired) electrons. The van der Waals surface area contributed by atoms with Crippen molar-refractivity contribution in [2.24, 2.45) is 5.92 Å². The van der Waals surface area contributed by atoms with Crippen LogP contribution in [-0.4, -0.2) is 39.7 Å². The molecule has 1 fully saturated rings. The molecule has 3 heterocycles. The van der Waals surface area contributed by atoms with Crippen molar-refractivity contribution in [3.8, 4) is 10.7 Å². The van der Waals surface area contributed by atoms with E-state index in [1.807, 2.05) is 20.8 Å². The molecule has 0 spiro atoms. The maximum atomic E-state index is 11.8. The molecule has 0 saturated carbocycles. The maximum Gasteiger partial charge on any atom is 0.413 e. The maximum absolute atomic E-state index is 11.8. The minimum absolute atomic E-state index is 0.451. The molecule has 25 heavy (non-hydrogen) atoms. The lowest BCUT2D eigenvalue weighted by Gasteiger charge is -2.19. The summed E-state index contributed by atoms with van der Waals surface area (Å²) in [7, 11) is 0.